The van der Waals surface area contributed by atoms with Crippen LogP contribution in [0.1, 0.15) is 57.4 Å². The van der Waals surface area contributed by atoms with Gasteiger partial charge in [-0.3, -0.25) is 0 Å². The molecular weight excluding hydrogens is 310 g/mol. The van der Waals surface area contributed by atoms with Crippen molar-refractivity contribution in [1.29, 1.82) is 0 Å². The van der Waals surface area contributed by atoms with Crippen molar-refractivity contribution < 1.29 is 9.84 Å². The summed E-state index contributed by atoms with van der Waals surface area (Å²) in [5.41, 5.74) is 1.28. The number of hydrogen-bond acceptors (Lipinski definition) is 3. The highest BCUT2D eigenvalue weighted by Gasteiger charge is 2.06. The van der Waals surface area contributed by atoms with Crippen LogP contribution in [0.3, 0.4) is 0 Å². The van der Waals surface area contributed by atoms with Gasteiger partial charge in [0.2, 0.25) is 0 Å². The van der Waals surface area contributed by atoms with Gasteiger partial charge >= 0.3 is 0 Å². The Kier molecular flexibility index (Phi) is 9.38. The van der Waals surface area contributed by atoms with E-state index < -0.39 is 0 Å². The molecule has 0 radical (unpaired) electrons. The second kappa shape index (κ2) is 11.9. The number of aliphatic hydroxyl groups excluding tert-OH is 1. The summed E-state index contributed by atoms with van der Waals surface area (Å²) in [6, 6.07) is 12.7. The van der Waals surface area contributed by atoms with E-state index in [0.29, 0.717) is 0 Å². The van der Waals surface area contributed by atoms with Crippen molar-refractivity contribution in [2.75, 3.05) is 19.8 Å². The molecule has 0 bridgehead atoms. The van der Waals surface area contributed by atoms with E-state index in [0.717, 1.165) is 38.3 Å². The Morgan fingerprint density at radius 3 is 2.44 bits per heavy atom. The largest absolute Gasteiger partial charge is 0.493 e. The number of benzene rings is 2. The lowest BCUT2D eigenvalue weighted by Crippen LogP contribution is -2.15. The average Bonchev–Trinajstić information content (AvgIpc) is 2.65. The number of unbranched alkanes of at least 4 members (excludes halogenated alkanes) is 5. The zero-order valence-corrected chi connectivity index (χ0v) is 15.6. The molecule has 0 saturated heterocycles. The quantitative estimate of drug-likeness (QED) is 0.500. The molecule has 0 saturated carbocycles. The minimum absolute atomic E-state index is 0.235. The SMILES string of the molecule is CCCCCCCCOc1ccc(CNCCCO)c2ccccc12. The average molecular weight is 344 g/mol. The Morgan fingerprint density at radius 2 is 1.64 bits per heavy atom. The van der Waals surface area contributed by atoms with Crippen molar-refractivity contribution in [3.05, 3.63) is 42.0 Å². The fraction of sp³-hybridized carbons (Fsp3) is 0.545. The minimum atomic E-state index is 0.235. The second-order valence-corrected chi connectivity index (χ2v) is 6.64. The molecule has 0 aliphatic carbocycles. The summed E-state index contributed by atoms with van der Waals surface area (Å²) in [7, 11) is 0. The molecule has 0 aliphatic heterocycles. The van der Waals surface area contributed by atoms with E-state index in [1.165, 1.54) is 48.4 Å². The fourth-order valence-electron chi connectivity index (χ4n) is 3.11. The second-order valence-electron chi connectivity index (χ2n) is 6.64. The Bertz CT molecular complexity index is 612. The fourth-order valence-corrected chi connectivity index (χ4v) is 3.11. The predicted molar refractivity (Wildman–Crippen MR) is 106 cm³/mol. The van der Waals surface area contributed by atoms with Crippen molar-refractivity contribution >= 4 is 10.8 Å². The van der Waals surface area contributed by atoms with Gasteiger partial charge in [0.1, 0.15) is 5.75 Å². The topological polar surface area (TPSA) is 41.5 Å². The van der Waals surface area contributed by atoms with E-state index in [-0.39, 0.29) is 6.61 Å². The highest BCUT2D eigenvalue weighted by molar-refractivity contribution is 5.91. The molecule has 3 nitrogen and oxygen atoms in total. The van der Waals surface area contributed by atoms with Crippen LogP contribution >= 0.6 is 0 Å². The number of aliphatic hydroxyl groups is 1. The number of hydrogen-bond donors (Lipinski definition) is 2. The van der Waals surface area contributed by atoms with Crippen LogP contribution in [-0.4, -0.2) is 24.9 Å². The maximum Gasteiger partial charge on any atom is 0.127 e. The van der Waals surface area contributed by atoms with E-state index in [2.05, 4.69) is 48.6 Å². The van der Waals surface area contributed by atoms with Crippen molar-refractivity contribution in [3.8, 4) is 5.75 Å². The summed E-state index contributed by atoms with van der Waals surface area (Å²) in [4.78, 5) is 0. The third kappa shape index (κ3) is 6.68. The number of ether oxygens (including phenoxy) is 1. The van der Waals surface area contributed by atoms with Crippen LogP contribution in [0.4, 0.5) is 0 Å². The Labute approximate surface area is 152 Å². The van der Waals surface area contributed by atoms with Crippen molar-refractivity contribution in [2.45, 2.75) is 58.4 Å². The molecule has 2 aromatic rings. The van der Waals surface area contributed by atoms with Gasteiger partial charge in [-0.15, -0.1) is 0 Å². The number of fused-ring (bicyclic) bond motifs is 1. The molecule has 0 spiro atoms. The first-order chi connectivity index (χ1) is 12.4. The first kappa shape index (κ1) is 19.7. The molecule has 0 heterocycles. The summed E-state index contributed by atoms with van der Waals surface area (Å²) in [6.07, 6.45) is 8.47. The Balaban J connectivity index is 1.90. The maximum absolute atomic E-state index is 8.88. The van der Waals surface area contributed by atoms with Gasteiger partial charge < -0.3 is 15.2 Å². The lowest BCUT2D eigenvalue weighted by Gasteiger charge is -2.13. The molecular formula is C22H33NO2. The molecule has 0 aromatic heterocycles. The van der Waals surface area contributed by atoms with Crippen LogP contribution in [0.5, 0.6) is 5.75 Å². The van der Waals surface area contributed by atoms with Crippen LogP contribution in [-0.2, 0) is 6.54 Å². The minimum Gasteiger partial charge on any atom is -0.493 e. The van der Waals surface area contributed by atoms with Crippen molar-refractivity contribution in [2.24, 2.45) is 0 Å². The molecule has 0 atom stereocenters. The smallest absolute Gasteiger partial charge is 0.127 e. The van der Waals surface area contributed by atoms with Gasteiger partial charge in [0.05, 0.1) is 6.61 Å². The standard InChI is InChI=1S/C22H33NO2/c1-2-3-4-5-6-9-17-25-22-14-13-19(18-23-15-10-16-24)20-11-7-8-12-21(20)22/h7-8,11-14,23-24H,2-6,9-10,15-18H2,1H3. The molecule has 138 valence electrons. The van der Waals surface area contributed by atoms with Crippen molar-refractivity contribution in [3.63, 3.8) is 0 Å². The summed E-state index contributed by atoms with van der Waals surface area (Å²) >= 11 is 0. The lowest BCUT2D eigenvalue weighted by molar-refractivity contribution is 0.286. The van der Waals surface area contributed by atoms with E-state index >= 15 is 0 Å². The van der Waals surface area contributed by atoms with Gasteiger partial charge in [-0.1, -0.05) is 69.4 Å². The molecule has 3 heteroatoms. The molecule has 0 fully saturated rings. The zero-order valence-electron chi connectivity index (χ0n) is 15.6. The molecule has 2 aromatic carbocycles. The Morgan fingerprint density at radius 1 is 0.880 bits per heavy atom. The molecule has 0 aliphatic rings. The first-order valence-corrected chi connectivity index (χ1v) is 9.81. The van der Waals surface area contributed by atoms with Crippen LogP contribution in [0, 0.1) is 0 Å². The lowest BCUT2D eigenvalue weighted by atomic mass is 10.0. The van der Waals surface area contributed by atoms with Crippen LogP contribution < -0.4 is 10.1 Å². The Hall–Kier alpha value is -1.58. The predicted octanol–water partition coefficient (Wildman–Crippen LogP) is 5.05. The van der Waals surface area contributed by atoms with Gasteiger partial charge in [0, 0.05) is 18.5 Å². The highest BCUT2D eigenvalue weighted by Crippen LogP contribution is 2.28. The third-order valence-corrected chi connectivity index (χ3v) is 4.56. The van der Waals surface area contributed by atoms with Crippen LogP contribution in [0.25, 0.3) is 10.8 Å². The van der Waals surface area contributed by atoms with E-state index in [9.17, 15) is 0 Å². The van der Waals surface area contributed by atoms with Gasteiger partial charge in [0.15, 0.2) is 0 Å². The monoisotopic (exact) mass is 343 g/mol. The zero-order chi connectivity index (χ0) is 17.7. The molecule has 2 rings (SSSR count). The third-order valence-electron chi connectivity index (χ3n) is 4.56. The van der Waals surface area contributed by atoms with E-state index in [1.807, 2.05) is 0 Å². The summed E-state index contributed by atoms with van der Waals surface area (Å²) < 4.78 is 6.07. The summed E-state index contributed by atoms with van der Waals surface area (Å²) in [5.74, 6) is 0.989. The van der Waals surface area contributed by atoms with Crippen LogP contribution in [0.2, 0.25) is 0 Å². The van der Waals surface area contributed by atoms with Gasteiger partial charge in [-0.2, -0.15) is 0 Å². The highest BCUT2D eigenvalue weighted by atomic mass is 16.5. The van der Waals surface area contributed by atoms with E-state index in [1.54, 1.807) is 0 Å². The molecule has 25 heavy (non-hydrogen) atoms. The number of rotatable bonds is 13. The van der Waals surface area contributed by atoms with Crippen LogP contribution in [0.15, 0.2) is 36.4 Å². The van der Waals surface area contributed by atoms with Gasteiger partial charge in [-0.05, 0) is 36.4 Å². The summed E-state index contributed by atoms with van der Waals surface area (Å²) in [6.45, 7) is 4.93. The van der Waals surface area contributed by atoms with Gasteiger partial charge in [0.25, 0.3) is 0 Å². The van der Waals surface area contributed by atoms with E-state index in [4.69, 9.17) is 9.84 Å². The number of nitrogens with one attached hydrogen (secondary N) is 1. The first-order valence-electron chi connectivity index (χ1n) is 9.81. The maximum atomic E-state index is 8.88. The molecule has 2 N–H and O–H groups in total. The molecule has 0 amide bonds. The molecule has 0 unspecified atom stereocenters. The summed E-state index contributed by atoms with van der Waals surface area (Å²) in [5, 5.41) is 14.7. The normalized spacial score (nSPS) is 11.1. The van der Waals surface area contributed by atoms with Crippen molar-refractivity contribution in [1.82, 2.24) is 5.32 Å². The van der Waals surface area contributed by atoms with Gasteiger partial charge in [-0.25, -0.2) is 0 Å².